The zero-order valence-electron chi connectivity index (χ0n) is 17.0. The molecule has 2 aromatic rings. The molecule has 1 fully saturated rings. The van der Waals surface area contributed by atoms with Gasteiger partial charge in [-0.3, -0.25) is 14.6 Å². The molecule has 0 aliphatic heterocycles. The van der Waals surface area contributed by atoms with Crippen molar-refractivity contribution in [2.24, 2.45) is 7.05 Å². The third-order valence-corrected chi connectivity index (χ3v) is 5.08. The summed E-state index contributed by atoms with van der Waals surface area (Å²) < 4.78 is 7.16. The van der Waals surface area contributed by atoms with Crippen molar-refractivity contribution in [1.29, 1.82) is 0 Å². The molecule has 9 nitrogen and oxygen atoms in total. The van der Waals surface area contributed by atoms with Gasteiger partial charge in [0.15, 0.2) is 5.82 Å². The van der Waals surface area contributed by atoms with Crippen LogP contribution >= 0.6 is 0 Å². The number of rotatable bonds is 5. The van der Waals surface area contributed by atoms with E-state index in [1.54, 1.807) is 4.68 Å². The number of hydrogen-bond donors (Lipinski definition) is 3. The maximum absolute atomic E-state index is 12.6. The molecule has 0 radical (unpaired) electrons. The van der Waals surface area contributed by atoms with Gasteiger partial charge in [0.05, 0.1) is 11.3 Å². The number of aromatic nitrogens is 4. The molecule has 3 rings (SSSR count). The Labute approximate surface area is 164 Å². The lowest BCUT2D eigenvalue weighted by molar-refractivity contribution is 0.0979. The second-order valence-corrected chi connectivity index (χ2v) is 7.67. The molecule has 152 valence electrons. The van der Waals surface area contributed by atoms with E-state index in [1.807, 2.05) is 40.8 Å². The highest BCUT2D eigenvalue weighted by atomic mass is 16.6. The highest BCUT2D eigenvalue weighted by Crippen LogP contribution is 2.35. The van der Waals surface area contributed by atoms with Crippen LogP contribution in [0.15, 0.2) is 6.07 Å². The molecule has 2 unspecified atom stereocenters. The lowest BCUT2D eigenvalue weighted by Crippen LogP contribution is -2.33. The zero-order valence-corrected chi connectivity index (χ0v) is 17.0. The minimum absolute atomic E-state index is 0.0514. The first-order valence-corrected chi connectivity index (χ1v) is 9.58. The van der Waals surface area contributed by atoms with E-state index in [1.165, 1.54) is 0 Å². The Hall–Kier alpha value is -2.84. The fourth-order valence-electron chi connectivity index (χ4n) is 3.64. The number of anilines is 1. The van der Waals surface area contributed by atoms with E-state index in [0.29, 0.717) is 17.1 Å². The van der Waals surface area contributed by atoms with Gasteiger partial charge in [0, 0.05) is 36.5 Å². The first-order valence-electron chi connectivity index (χ1n) is 9.58. The lowest BCUT2D eigenvalue weighted by atomic mass is 10.0. The van der Waals surface area contributed by atoms with Crippen LogP contribution in [0.3, 0.4) is 0 Å². The number of aryl methyl sites for hydroxylation is 2. The summed E-state index contributed by atoms with van der Waals surface area (Å²) in [6.45, 7) is 7.46. The summed E-state index contributed by atoms with van der Waals surface area (Å²) in [7, 11) is 1.81. The second-order valence-electron chi connectivity index (χ2n) is 7.67. The highest BCUT2D eigenvalue weighted by Gasteiger charge is 2.30. The Balaban J connectivity index is 1.59. The van der Waals surface area contributed by atoms with Gasteiger partial charge in [-0.1, -0.05) is 0 Å². The Morgan fingerprint density at radius 3 is 2.71 bits per heavy atom. The number of ether oxygens (including phenoxy) is 1. The summed E-state index contributed by atoms with van der Waals surface area (Å²) in [5.74, 6) is 0.473. The van der Waals surface area contributed by atoms with Crippen LogP contribution in [0, 0.1) is 13.8 Å². The number of alkyl carbamates (subject to hydrolysis) is 1. The Bertz CT molecular complexity index is 869. The largest absolute Gasteiger partial charge is 0.446 e. The normalized spacial score (nSPS) is 19.1. The second kappa shape index (κ2) is 8.04. The SMILES string of the molecule is Cc1nn(C)c(C)c1C(=O)Nc1cc(C2CCC(OC(=O)NC(C)C)C2)[nH]n1. The van der Waals surface area contributed by atoms with Crippen molar-refractivity contribution in [2.45, 2.75) is 65.0 Å². The van der Waals surface area contributed by atoms with E-state index in [0.717, 1.165) is 30.7 Å². The fraction of sp³-hybridized carbons (Fsp3) is 0.579. The van der Waals surface area contributed by atoms with Gasteiger partial charge in [-0.15, -0.1) is 0 Å². The smallest absolute Gasteiger partial charge is 0.407 e. The van der Waals surface area contributed by atoms with Gasteiger partial charge < -0.3 is 15.4 Å². The van der Waals surface area contributed by atoms with Crippen molar-refractivity contribution in [3.05, 3.63) is 28.7 Å². The number of amides is 2. The van der Waals surface area contributed by atoms with Gasteiger partial charge in [0.2, 0.25) is 0 Å². The predicted molar refractivity (Wildman–Crippen MR) is 104 cm³/mol. The van der Waals surface area contributed by atoms with Crippen LogP contribution in [0.1, 0.15) is 66.5 Å². The molecular weight excluding hydrogens is 360 g/mol. The average Bonchev–Trinajstić information content (AvgIpc) is 3.28. The molecule has 2 atom stereocenters. The maximum Gasteiger partial charge on any atom is 0.407 e. The topological polar surface area (TPSA) is 114 Å². The van der Waals surface area contributed by atoms with Crippen molar-refractivity contribution in [3.8, 4) is 0 Å². The molecular formula is C19H28N6O3. The fourth-order valence-corrected chi connectivity index (χ4v) is 3.64. The van der Waals surface area contributed by atoms with E-state index in [9.17, 15) is 9.59 Å². The van der Waals surface area contributed by atoms with Crippen LogP contribution in [0.2, 0.25) is 0 Å². The van der Waals surface area contributed by atoms with E-state index < -0.39 is 0 Å². The summed E-state index contributed by atoms with van der Waals surface area (Å²) in [6.07, 6.45) is 1.97. The summed E-state index contributed by atoms with van der Waals surface area (Å²) in [6, 6.07) is 1.90. The Morgan fingerprint density at radius 1 is 1.32 bits per heavy atom. The summed E-state index contributed by atoms with van der Waals surface area (Å²) in [5.41, 5.74) is 2.99. The van der Waals surface area contributed by atoms with Gasteiger partial charge in [-0.2, -0.15) is 10.2 Å². The summed E-state index contributed by atoms with van der Waals surface area (Å²) in [4.78, 5) is 24.3. The number of carbonyl (C=O) groups is 2. The number of H-pyrrole nitrogens is 1. The number of aromatic amines is 1. The van der Waals surface area contributed by atoms with E-state index >= 15 is 0 Å². The van der Waals surface area contributed by atoms with E-state index in [2.05, 4.69) is 25.9 Å². The molecule has 1 aliphatic carbocycles. The van der Waals surface area contributed by atoms with Crippen LogP contribution in [0.25, 0.3) is 0 Å². The van der Waals surface area contributed by atoms with Gasteiger partial charge in [0.1, 0.15) is 6.10 Å². The van der Waals surface area contributed by atoms with Crippen LogP contribution in [-0.4, -0.2) is 44.1 Å². The molecule has 0 saturated heterocycles. The first kappa shape index (κ1) is 19.9. The summed E-state index contributed by atoms with van der Waals surface area (Å²) in [5, 5.41) is 17.1. The third-order valence-electron chi connectivity index (χ3n) is 5.08. The average molecular weight is 388 g/mol. The first-order chi connectivity index (χ1) is 13.2. The van der Waals surface area contributed by atoms with Crippen molar-refractivity contribution in [2.75, 3.05) is 5.32 Å². The van der Waals surface area contributed by atoms with Crippen LogP contribution in [-0.2, 0) is 11.8 Å². The third kappa shape index (κ3) is 4.35. The quantitative estimate of drug-likeness (QED) is 0.729. The molecule has 1 saturated carbocycles. The molecule has 9 heteroatoms. The predicted octanol–water partition coefficient (Wildman–Crippen LogP) is 2.78. The lowest BCUT2D eigenvalue weighted by Gasteiger charge is -2.14. The van der Waals surface area contributed by atoms with Gasteiger partial charge >= 0.3 is 6.09 Å². The molecule has 1 aliphatic rings. The van der Waals surface area contributed by atoms with E-state index in [-0.39, 0.29) is 30.1 Å². The molecule has 0 spiro atoms. The van der Waals surface area contributed by atoms with E-state index in [4.69, 9.17) is 4.74 Å². The van der Waals surface area contributed by atoms with Crippen LogP contribution in [0.4, 0.5) is 10.6 Å². The minimum atomic E-state index is -0.375. The minimum Gasteiger partial charge on any atom is -0.446 e. The Kier molecular flexibility index (Phi) is 5.71. The molecule has 2 heterocycles. The molecule has 0 bridgehead atoms. The molecule has 3 N–H and O–H groups in total. The molecule has 2 amide bonds. The summed E-state index contributed by atoms with van der Waals surface area (Å²) >= 11 is 0. The van der Waals surface area contributed by atoms with Crippen LogP contribution < -0.4 is 10.6 Å². The number of nitrogens with zero attached hydrogens (tertiary/aromatic N) is 3. The van der Waals surface area contributed by atoms with Gasteiger partial charge in [-0.05, 0) is 47.0 Å². The van der Waals surface area contributed by atoms with Crippen molar-refractivity contribution < 1.29 is 14.3 Å². The zero-order chi connectivity index (χ0) is 20.4. The Morgan fingerprint density at radius 2 is 2.07 bits per heavy atom. The standard InChI is InChI=1S/C19H28N6O3/c1-10(2)20-19(27)28-14-7-6-13(8-14)15-9-16(23-22-15)21-18(26)17-11(3)24-25(5)12(17)4/h9-10,13-14H,6-8H2,1-5H3,(H,20,27)(H2,21,22,23,26). The van der Waals surface area contributed by atoms with Gasteiger partial charge in [0.25, 0.3) is 5.91 Å². The van der Waals surface area contributed by atoms with Crippen molar-refractivity contribution in [3.63, 3.8) is 0 Å². The van der Waals surface area contributed by atoms with Crippen molar-refractivity contribution in [1.82, 2.24) is 25.3 Å². The monoisotopic (exact) mass is 388 g/mol. The number of nitrogens with one attached hydrogen (secondary N) is 3. The molecule has 28 heavy (non-hydrogen) atoms. The number of carbonyl (C=O) groups excluding carboxylic acids is 2. The number of hydrogen-bond acceptors (Lipinski definition) is 5. The molecule has 0 aromatic carbocycles. The van der Waals surface area contributed by atoms with Crippen molar-refractivity contribution >= 4 is 17.8 Å². The van der Waals surface area contributed by atoms with Crippen LogP contribution in [0.5, 0.6) is 0 Å². The highest BCUT2D eigenvalue weighted by molar-refractivity contribution is 6.05. The maximum atomic E-state index is 12.6. The van der Waals surface area contributed by atoms with Gasteiger partial charge in [-0.25, -0.2) is 4.79 Å². The molecule has 2 aromatic heterocycles.